The van der Waals surface area contributed by atoms with Crippen molar-refractivity contribution in [1.82, 2.24) is 0 Å². The molecule has 0 radical (unpaired) electrons. The van der Waals surface area contributed by atoms with Crippen molar-refractivity contribution in [2.45, 2.75) is 78.9 Å². The molecule has 4 fully saturated rings. The third-order valence-electron chi connectivity index (χ3n) is 8.95. The van der Waals surface area contributed by atoms with Crippen molar-refractivity contribution in [2.75, 3.05) is 0 Å². The van der Waals surface area contributed by atoms with Gasteiger partial charge in [0.25, 0.3) is 0 Å². The molecule has 6 heteroatoms. The van der Waals surface area contributed by atoms with Crippen molar-refractivity contribution in [1.29, 1.82) is 0 Å². The smallest absolute Gasteiger partial charge is 0.303 e. The summed E-state index contributed by atoms with van der Waals surface area (Å²) in [5, 5.41) is 0. The Bertz CT molecular complexity index is 856. The lowest BCUT2D eigenvalue weighted by atomic mass is 9.40. The SMILES string of the molecule is C=C1C2CCC3C4(C)CCC(=O)C(C)(C)C4CC(=O)C3(C1OC(C)=O)C2OC(C)=O. The van der Waals surface area contributed by atoms with Gasteiger partial charge in [-0.15, -0.1) is 0 Å². The van der Waals surface area contributed by atoms with E-state index in [1.54, 1.807) is 0 Å². The number of carbonyl (C=O) groups is 4. The van der Waals surface area contributed by atoms with Gasteiger partial charge in [-0.1, -0.05) is 27.4 Å². The molecule has 0 aromatic heterocycles. The Balaban J connectivity index is 1.91. The molecule has 7 atom stereocenters. The van der Waals surface area contributed by atoms with Crippen LogP contribution in [-0.4, -0.2) is 35.7 Å². The Kier molecular flexibility index (Phi) is 4.61. The first kappa shape index (κ1) is 21.3. The zero-order chi connectivity index (χ0) is 22.2. The Morgan fingerprint density at radius 1 is 0.967 bits per heavy atom. The molecule has 30 heavy (non-hydrogen) atoms. The van der Waals surface area contributed by atoms with Crippen LogP contribution in [0.25, 0.3) is 0 Å². The fraction of sp³-hybridized carbons (Fsp3) is 0.750. The predicted octanol–water partition coefficient (Wildman–Crippen LogP) is 3.42. The van der Waals surface area contributed by atoms with Crippen LogP contribution in [0.5, 0.6) is 0 Å². The van der Waals surface area contributed by atoms with Gasteiger partial charge >= 0.3 is 11.9 Å². The number of Topliss-reactive ketones (excluding diaryl/α,β-unsaturated/α-hetero) is 2. The van der Waals surface area contributed by atoms with Crippen molar-refractivity contribution >= 4 is 23.5 Å². The molecule has 1 spiro atoms. The molecule has 0 N–H and O–H groups in total. The van der Waals surface area contributed by atoms with Gasteiger partial charge < -0.3 is 9.47 Å². The third-order valence-corrected chi connectivity index (χ3v) is 8.95. The number of ether oxygens (including phenoxy) is 2. The summed E-state index contributed by atoms with van der Waals surface area (Å²) in [6, 6.07) is 0. The summed E-state index contributed by atoms with van der Waals surface area (Å²) in [5.41, 5.74) is -1.32. The molecule has 2 bridgehead atoms. The maximum Gasteiger partial charge on any atom is 0.303 e. The Morgan fingerprint density at radius 3 is 2.20 bits per heavy atom. The summed E-state index contributed by atoms with van der Waals surface area (Å²) in [4.78, 5) is 50.8. The number of hydrogen-bond acceptors (Lipinski definition) is 6. The second-order valence-electron chi connectivity index (χ2n) is 10.6. The maximum atomic E-state index is 14.0. The fourth-order valence-electron chi connectivity index (χ4n) is 7.72. The van der Waals surface area contributed by atoms with Gasteiger partial charge in [0.05, 0.1) is 0 Å². The lowest BCUT2D eigenvalue weighted by Gasteiger charge is -2.63. The van der Waals surface area contributed by atoms with Crippen LogP contribution in [0.1, 0.15) is 66.7 Å². The van der Waals surface area contributed by atoms with Crippen LogP contribution in [0.15, 0.2) is 12.2 Å². The van der Waals surface area contributed by atoms with E-state index in [0.717, 1.165) is 12.8 Å². The van der Waals surface area contributed by atoms with Gasteiger partial charge in [0, 0.05) is 38.0 Å². The molecular formula is C24H32O6. The Hall–Kier alpha value is -1.98. The van der Waals surface area contributed by atoms with E-state index in [2.05, 4.69) is 13.5 Å². The van der Waals surface area contributed by atoms with Crippen LogP contribution in [0.2, 0.25) is 0 Å². The fourth-order valence-corrected chi connectivity index (χ4v) is 7.72. The molecule has 0 heterocycles. The molecule has 0 aliphatic heterocycles. The van der Waals surface area contributed by atoms with E-state index in [0.29, 0.717) is 18.4 Å². The van der Waals surface area contributed by atoms with Crippen molar-refractivity contribution in [3.8, 4) is 0 Å². The number of fused-ring (bicyclic) bond motifs is 3. The number of esters is 2. The number of hydrogen-bond donors (Lipinski definition) is 0. The molecule has 4 saturated carbocycles. The minimum absolute atomic E-state index is 0.0569. The van der Waals surface area contributed by atoms with Gasteiger partial charge in [-0.25, -0.2) is 0 Å². The van der Waals surface area contributed by atoms with E-state index >= 15 is 0 Å². The molecular weight excluding hydrogens is 384 g/mol. The van der Waals surface area contributed by atoms with Crippen molar-refractivity contribution in [2.24, 2.45) is 34.0 Å². The van der Waals surface area contributed by atoms with Crippen molar-refractivity contribution < 1.29 is 28.7 Å². The van der Waals surface area contributed by atoms with Gasteiger partial charge in [-0.05, 0) is 42.1 Å². The second-order valence-corrected chi connectivity index (χ2v) is 10.6. The van der Waals surface area contributed by atoms with E-state index < -0.39 is 35.0 Å². The standard InChI is InChI=1S/C24H32O6/c1-12-15-7-8-16-23(6)10-9-18(27)22(4,5)17(23)11-19(28)24(16,20(12)29-13(2)25)21(15)30-14(3)26/h15-17,20-21H,1,7-11H2,2-6H3. The van der Waals surface area contributed by atoms with E-state index in [1.165, 1.54) is 13.8 Å². The minimum Gasteiger partial charge on any atom is -0.461 e. The first-order chi connectivity index (χ1) is 13.9. The molecule has 4 aliphatic rings. The first-order valence-electron chi connectivity index (χ1n) is 11.0. The van der Waals surface area contributed by atoms with Crippen LogP contribution in [0.4, 0.5) is 0 Å². The first-order valence-corrected chi connectivity index (χ1v) is 11.0. The van der Waals surface area contributed by atoms with Crippen LogP contribution >= 0.6 is 0 Å². The highest BCUT2D eigenvalue weighted by Crippen LogP contribution is 2.71. The van der Waals surface area contributed by atoms with E-state index in [4.69, 9.17) is 9.47 Å². The summed E-state index contributed by atoms with van der Waals surface area (Å²) in [6.45, 7) is 13.0. The molecule has 0 aromatic carbocycles. The van der Waals surface area contributed by atoms with Gasteiger partial charge in [-0.2, -0.15) is 0 Å². The highest BCUT2D eigenvalue weighted by Gasteiger charge is 2.76. The number of ketones is 2. The quantitative estimate of drug-likeness (QED) is 0.506. The second kappa shape index (κ2) is 6.51. The van der Waals surface area contributed by atoms with E-state index in [9.17, 15) is 19.2 Å². The largest absolute Gasteiger partial charge is 0.461 e. The van der Waals surface area contributed by atoms with E-state index in [1.807, 2.05) is 13.8 Å². The number of carbonyl (C=O) groups excluding carboxylic acids is 4. The van der Waals surface area contributed by atoms with Crippen LogP contribution in [-0.2, 0) is 28.7 Å². The molecule has 164 valence electrons. The maximum absolute atomic E-state index is 14.0. The van der Waals surface area contributed by atoms with Crippen molar-refractivity contribution in [3.05, 3.63) is 12.2 Å². The minimum atomic E-state index is -1.11. The zero-order valence-electron chi connectivity index (χ0n) is 18.6. The third kappa shape index (κ3) is 2.48. The van der Waals surface area contributed by atoms with E-state index in [-0.39, 0.29) is 41.2 Å². The highest BCUT2D eigenvalue weighted by molar-refractivity contribution is 5.93. The molecule has 6 nitrogen and oxygen atoms in total. The van der Waals surface area contributed by atoms with Gasteiger partial charge in [0.1, 0.15) is 29.2 Å². The normalized spacial score (nSPS) is 44.2. The summed E-state index contributed by atoms with van der Waals surface area (Å²) in [6.07, 6.45) is 1.42. The van der Waals surface area contributed by atoms with Gasteiger partial charge in [0.2, 0.25) is 0 Å². The van der Waals surface area contributed by atoms with Crippen molar-refractivity contribution in [3.63, 3.8) is 0 Å². The summed E-state index contributed by atoms with van der Waals surface area (Å²) >= 11 is 0. The summed E-state index contributed by atoms with van der Waals surface area (Å²) < 4.78 is 11.6. The average Bonchev–Trinajstić information content (AvgIpc) is 2.76. The van der Waals surface area contributed by atoms with Crippen LogP contribution in [0.3, 0.4) is 0 Å². The summed E-state index contributed by atoms with van der Waals surface area (Å²) in [5.74, 6) is -1.20. The zero-order valence-corrected chi connectivity index (χ0v) is 18.6. The Labute approximate surface area is 177 Å². The number of rotatable bonds is 2. The predicted molar refractivity (Wildman–Crippen MR) is 108 cm³/mol. The molecule has 4 rings (SSSR count). The molecule has 0 saturated heterocycles. The topological polar surface area (TPSA) is 86.7 Å². The Morgan fingerprint density at radius 2 is 1.60 bits per heavy atom. The monoisotopic (exact) mass is 416 g/mol. The summed E-state index contributed by atoms with van der Waals surface area (Å²) in [7, 11) is 0. The lowest BCUT2D eigenvalue weighted by Crippen LogP contribution is -2.68. The van der Waals surface area contributed by atoms with Crippen LogP contribution in [0, 0.1) is 34.0 Å². The molecule has 0 aromatic rings. The lowest BCUT2D eigenvalue weighted by molar-refractivity contribution is -0.213. The molecule has 4 aliphatic carbocycles. The molecule has 0 amide bonds. The average molecular weight is 417 g/mol. The van der Waals surface area contributed by atoms with Gasteiger partial charge in [0.15, 0.2) is 0 Å². The highest BCUT2D eigenvalue weighted by atomic mass is 16.6. The van der Waals surface area contributed by atoms with Crippen LogP contribution < -0.4 is 0 Å². The van der Waals surface area contributed by atoms with Gasteiger partial charge in [-0.3, -0.25) is 19.2 Å². The molecule has 7 unspecified atom stereocenters.